The van der Waals surface area contributed by atoms with Gasteiger partial charge in [-0.25, -0.2) is 9.78 Å². The molecule has 4 heterocycles. The summed E-state index contributed by atoms with van der Waals surface area (Å²) in [4.78, 5) is 33.9. The number of piperidine rings is 1. The Morgan fingerprint density at radius 2 is 1.67 bits per heavy atom. The highest BCUT2D eigenvalue weighted by Gasteiger charge is 2.43. The number of morpholine rings is 1. The van der Waals surface area contributed by atoms with E-state index in [2.05, 4.69) is 57.8 Å². The number of para-hydroxylation sites is 1. The van der Waals surface area contributed by atoms with Gasteiger partial charge < -0.3 is 24.4 Å². The van der Waals surface area contributed by atoms with Gasteiger partial charge in [0, 0.05) is 44.5 Å². The van der Waals surface area contributed by atoms with E-state index in [9.17, 15) is 18.0 Å². The summed E-state index contributed by atoms with van der Waals surface area (Å²) in [5.41, 5.74) is 2.23. The SMILES string of the molecule is CC(C)COc1ccccc1CN1CCC2(CC1)CCN(C(=O)c1cccnc1N1CCOCC1)C2.O=C(O)C(F)(F)F. The maximum atomic E-state index is 13.6. The van der Waals surface area contributed by atoms with Crippen LogP contribution in [0.4, 0.5) is 19.0 Å². The lowest BCUT2D eigenvalue weighted by atomic mass is 9.77. The van der Waals surface area contributed by atoms with E-state index in [1.165, 1.54) is 5.56 Å². The molecule has 3 saturated heterocycles. The summed E-state index contributed by atoms with van der Waals surface area (Å²) in [6.45, 7) is 12.8. The van der Waals surface area contributed by atoms with Crippen LogP contribution in [-0.4, -0.2) is 97.0 Å². The zero-order valence-electron chi connectivity index (χ0n) is 24.8. The number of hydrogen-bond donors (Lipinski definition) is 1. The Morgan fingerprint density at radius 1 is 1.02 bits per heavy atom. The van der Waals surface area contributed by atoms with Crippen molar-refractivity contribution in [1.82, 2.24) is 14.8 Å². The maximum Gasteiger partial charge on any atom is 0.490 e. The monoisotopic (exact) mass is 606 g/mol. The number of halogens is 3. The summed E-state index contributed by atoms with van der Waals surface area (Å²) >= 11 is 0. The molecule has 1 N–H and O–H groups in total. The fraction of sp³-hybridized carbons (Fsp3) is 0.581. The normalized spacial score (nSPS) is 18.8. The summed E-state index contributed by atoms with van der Waals surface area (Å²) in [5, 5.41) is 7.12. The lowest BCUT2D eigenvalue weighted by Crippen LogP contribution is -2.42. The highest BCUT2D eigenvalue weighted by Crippen LogP contribution is 2.41. The molecule has 1 aromatic heterocycles. The second-order valence-corrected chi connectivity index (χ2v) is 11.8. The minimum absolute atomic E-state index is 0.125. The van der Waals surface area contributed by atoms with Gasteiger partial charge in [0.15, 0.2) is 0 Å². The van der Waals surface area contributed by atoms with Gasteiger partial charge in [0.25, 0.3) is 5.91 Å². The van der Waals surface area contributed by atoms with Crippen LogP contribution in [0.15, 0.2) is 42.6 Å². The number of aliphatic carboxylic acids is 1. The third kappa shape index (κ3) is 8.82. The van der Waals surface area contributed by atoms with Crippen LogP contribution in [0.3, 0.4) is 0 Å². The Morgan fingerprint density at radius 3 is 2.33 bits per heavy atom. The molecule has 0 aliphatic carbocycles. The van der Waals surface area contributed by atoms with Gasteiger partial charge >= 0.3 is 12.1 Å². The molecular weight excluding hydrogens is 565 g/mol. The fourth-order valence-electron chi connectivity index (χ4n) is 5.74. The highest BCUT2D eigenvalue weighted by atomic mass is 19.4. The van der Waals surface area contributed by atoms with Crippen LogP contribution in [0.25, 0.3) is 0 Å². The van der Waals surface area contributed by atoms with E-state index in [1.807, 2.05) is 12.1 Å². The molecule has 0 saturated carbocycles. The lowest BCUT2D eigenvalue weighted by molar-refractivity contribution is -0.192. The Hall–Kier alpha value is -3.38. The predicted molar refractivity (Wildman–Crippen MR) is 155 cm³/mol. The molecule has 1 amide bonds. The van der Waals surface area contributed by atoms with Crippen molar-refractivity contribution in [2.75, 3.05) is 64.0 Å². The van der Waals surface area contributed by atoms with Crippen LogP contribution in [0.2, 0.25) is 0 Å². The first kappa shape index (κ1) is 32.5. The minimum Gasteiger partial charge on any atom is -0.493 e. The summed E-state index contributed by atoms with van der Waals surface area (Å²) in [6.07, 6.45) is 0.0624. The smallest absolute Gasteiger partial charge is 0.490 e. The number of carbonyl (C=O) groups is 2. The van der Waals surface area contributed by atoms with Gasteiger partial charge in [-0.1, -0.05) is 32.0 Å². The van der Waals surface area contributed by atoms with Crippen molar-refractivity contribution in [3.05, 3.63) is 53.7 Å². The van der Waals surface area contributed by atoms with Crippen LogP contribution in [0.5, 0.6) is 5.75 Å². The maximum absolute atomic E-state index is 13.6. The van der Waals surface area contributed by atoms with E-state index in [0.29, 0.717) is 19.1 Å². The number of nitrogens with zero attached hydrogens (tertiary/aromatic N) is 4. The molecule has 5 rings (SSSR count). The number of anilines is 1. The van der Waals surface area contributed by atoms with Crippen LogP contribution in [-0.2, 0) is 16.1 Å². The van der Waals surface area contributed by atoms with Crippen molar-refractivity contribution in [2.45, 2.75) is 45.8 Å². The molecule has 9 nitrogen and oxygen atoms in total. The summed E-state index contributed by atoms with van der Waals surface area (Å²) in [7, 11) is 0. The second-order valence-electron chi connectivity index (χ2n) is 11.8. The molecular formula is C31H41F3N4O5. The molecule has 3 fully saturated rings. The number of pyridine rings is 1. The predicted octanol–water partition coefficient (Wildman–Crippen LogP) is 4.71. The molecule has 0 radical (unpaired) electrons. The van der Waals surface area contributed by atoms with Gasteiger partial charge in [0.05, 0.1) is 25.4 Å². The number of benzene rings is 1. The quantitative estimate of drug-likeness (QED) is 0.484. The van der Waals surface area contributed by atoms with E-state index >= 15 is 0 Å². The third-order valence-electron chi connectivity index (χ3n) is 8.15. The summed E-state index contributed by atoms with van der Waals surface area (Å²) < 4.78 is 43.3. The highest BCUT2D eigenvalue weighted by molar-refractivity contribution is 5.99. The van der Waals surface area contributed by atoms with Crippen molar-refractivity contribution < 1.29 is 37.3 Å². The number of amides is 1. The van der Waals surface area contributed by atoms with Crippen LogP contribution < -0.4 is 9.64 Å². The van der Waals surface area contributed by atoms with E-state index in [4.69, 9.17) is 19.4 Å². The molecule has 0 unspecified atom stereocenters. The number of carboxylic acids is 1. The zero-order chi connectivity index (χ0) is 31.0. The fourth-order valence-corrected chi connectivity index (χ4v) is 5.74. The zero-order valence-corrected chi connectivity index (χ0v) is 24.8. The molecule has 3 aliphatic rings. The topological polar surface area (TPSA) is 95.4 Å². The average molecular weight is 607 g/mol. The summed E-state index contributed by atoms with van der Waals surface area (Å²) in [6, 6.07) is 12.3. The molecule has 43 heavy (non-hydrogen) atoms. The van der Waals surface area contributed by atoms with Crippen molar-refractivity contribution >= 4 is 17.7 Å². The second kappa shape index (κ2) is 14.4. The number of carboxylic acid groups (broad SMARTS) is 1. The van der Waals surface area contributed by atoms with Gasteiger partial charge in [-0.15, -0.1) is 0 Å². The largest absolute Gasteiger partial charge is 0.493 e. The Balaban J connectivity index is 0.000000541. The number of likely N-dealkylation sites (tertiary alicyclic amines) is 2. The minimum atomic E-state index is -5.08. The van der Waals surface area contributed by atoms with E-state index in [0.717, 1.165) is 88.8 Å². The first-order valence-electron chi connectivity index (χ1n) is 14.8. The van der Waals surface area contributed by atoms with Gasteiger partial charge in [-0.05, 0) is 61.9 Å². The average Bonchev–Trinajstić information content (AvgIpc) is 3.41. The van der Waals surface area contributed by atoms with Crippen LogP contribution >= 0.6 is 0 Å². The van der Waals surface area contributed by atoms with Crippen molar-refractivity contribution in [3.63, 3.8) is 0 Å². The number of ether oxygens (including phenoxy) is 2. The molecule has 12 heteroatoms. The lowest BCUT2D eigenvalue weighted by Gasteiger charge is -2.39. The first-order valence-corrected chi connectivity index (χ1v) is 14.8. The first-order chi connectivity index (χ1) is 20.5. The number of carbonyl (C=O) groups excluding carboxylic acids is 1. The number of aromatic nitrogens is 1. The van der Waals surface area contributed by atoms with Crippen molar-refractivity contribution in [1.29, 1.82) is 0 Å². The molecule has 3 aliphatic heterocycles. The number of alkyl halides is 3. The number of hydrogen-bond acceptors (Lipinski definition) is 7. The Kier molecular flexibility index (Phi) is 10.9. The van der Waals surface area contributed by atoms with E-state index in [1.54, 1.807) is 6.20 Å². The number of rotatable bonds is 7. The van der Waals surface area contributed by atoms with Crippen molar-refractivity contribution in [2.24, 2.45) is 11.3 Å². The van der Waals surface area contributed by atoms with E-state index in [-0.39, 0.29) is 11.3 Å². The van der Waals surface area contributed by atoms with Gasteiger partial charge in [0.2, 0.25) is 0 Å². The van der Waals surface area contributed by atoms with Crippen LogP contribution in [0, 0.1) is 11.3 Å². The summed E-state index contributed by atoms with van der Waals surface area (Å²) in [5.74, 6) is -0.304. The Labute approximate surface area is 250 Å². The molecule has 2 aromatic rings. The molecule has 1 aromatic carbocycles. The van der Waals surface area contributed by atoms with E-state index < -0.39 is 12.1 Å². The molecule has 236 valence electrons. The third-order valence-corrected chi connectivity index (χ3v) is 8.15. The van der Waals surface area contributed by atoms with Crippen molar-refractivity contribution in [3.8, 4) is 5.75 Å². The molecule has 0 bridgehead atoms. The van der Waals surface area contributed by atoms with Crippen LogP contribution in [0.1, 0.15) is 49.0 Å². The Bertz CT molecular complexity index is 1230. The molecule has 1 spiro atoms. The molecule has 0 atom stereocenters. The van der Waals surface area contributed by atoms with Gasteiger partial charge in [-0.2, -0.15) is 13.2 Å². The van der Waals surface area contributed by atoms with Gasteiger partial charge in [-0.3, -0.25) is 9.69 Å². The standard InChI is InChI=1S/C29H40N4O3.C2HF3O2/c1-23(2)21-36-26-8-4-3-6-24(26)20-31-13-9-29(10-14-31)11-15-33(22-29)28(34)25-7-5-12-30-27(25)32-16-18-35-19-17-32;3-2(4,5)1(6)7/h3-8,12,23H,9-11,13-22H2,1-2H3;(H,6,7). The van der Waals surface area contributed by atoms with Gasteiger partial charge in [0.1, 0.15) is 11.6 Å².